The van der Waals surface area contributed by atoms with Crippen LogP contribution in [0.1, 0.15) is 26.7 Å². The lowest BCUT2D eigenvalue weighted by molar-refractivity contribution is 0.124. The Morgan fingerprint density at radius 1 is 1.45 bits per heavy atom. The van der Waals surface area contributed by atoms with Gasteiger partial charge in [-0.25, -0.2) is 0 Å². The van der Waals surface area contributed by atoms with Gasteiger partial charge in [0.2, 0.25) is 0 Å². The maximum atomic E-state index is 5.06. The fraction of sp³-hybridized carbons (Fsp3) is 1.00. The first-order chi connectivity index (χ1) is 5.25. The Bertz CT molecular complexity index is 108. The average Bonchev–Trinajstić information content (AvgIpc) is 2.71. The minimum atomic E-state index is 0.678. The molecular formula is C9H19NO. The van der Waals surface area contributed by atoms with Crippen LogP contribution in [0.5, 0.6) is 0 Å². The van der Waals surface area contributed by atoms with Crippen molar-refractivity contribution in [1.29, 1.82) is 0 Å². The molecule has 2 nitrogen and oxygen atoms in total. The molecule has 0 saturated heterocycles. The van der Waals surface area contributed by atoms with Crippen LogP contribution in [0.15, 0.2) is 0 Å². The molecule has 0 spiro atoms. The summed E-state index contributed by atoms with van der Waals surface area (Å²) in [5, 5.41) is 0. The molecule has 0 radical (unpaired) electrons. The van der Waals surface area contributed by atoms with Gasteiger partial charge in [-0.1, -0.05) is 0 Å². The fourth-order valence-corrected chi connectivity index (χ4v) is 1.47. The van der Waals surface area contributed by atoms with Gasteiger partial charge in [0.1, 0.15) is 0 Å². The molecule has 0 amide bonds. The lowest BCUT2D eigenvalue weighted by Gasteiger charge is -2.25. The van der Waals surface area contributed by atoms with E-state index in [0.717, 1.165) is 19.2 Å². The van der Waals surface area contributed by atoms with Crippen LogP contribution in [0.25, 0.3) is 0 Å². The lowest BCUT2D eigenvalue weighted by atomic mass is 10.3. The van der Waals surface area contributed by atoms with E-state index >= 15 is 0 Å². The van der Waals surface area contributed by atoms with Crippen LogP contribution >= 0.6 is 0 Å². The summed E-state index contributed by atoms with van der Waals surface area (Å²) in [5.41, 5.74) is 0. The van der Waals surface area contributed by atoms with Gasteiger partial charge in [0.15, 0.2) is 0 Å². The van der Waals surface area contributed by atoms with Gasteiger partial charge in [0.25, 0.3) is 0 Å². The van der Waals surface area contributed by atoms with Crippen molar-refractivity contribution in [2.24, 2.45) is 0 Å². The first kappa shape index (κ1) is 9.01. The lowest BCUT2D eigenvalue weighted by Crippen LogP contribution is -2.35. The van der Waals surface area contributed by atoms with E-state index in [9.17, 15) is 0 Å². The summed E-state index contributed by atoms with van der Waals surface area (Å²) >= 11 is 0. The molecule has 1 rings (SSSR count). The Morgan fingerprint density at radius 3 is 2.45 bits per heavy atom. The summed E-state index contributed by atoms with van der Waals surface area (Å²) in [6, 6.07) is 1.54. The number of nitrogens with zero attached hydrogens (tertiary/aromatic N) is 1. The van der Waals surface area contributed by atoms with E-state index in [1.54, 1.807) is 7.11 Å². The molecule has 1 aliphatic carbocycles. The third-order valence-corrected chi connectivity index (χ3v) is 2.23. The Kier molecular flexibility index (Phi) is 3.34. The van der Waals surface area contributed by atoms with Crippen LogP contribution in [0.4, 0.5) is 0 Å². The largest absolute Gasteiger partial charge is 0.383 e. The van der Waals surface area contributed by atoms with Gasteiger partial charge in [-0.05, 0) is 26.7 Å². The summed E-state index contributed by atoms with van der Waals surface area (Å²) in [4.78, 5) is 2.53. The summed E-state index contributed by atoms with van der Waals surface area (Å²) < 4.78 is 5.06. The van der Waals surface area contributed by atoms with Gasteiger partial charge in [-0.2, -0.15) is 0 Å². The molecule has 1 saturated carbocycles. The standard InChI is InChI=1S/C9H19NO/c1-8(2)10(6-7-11-3)9-4-5-9/h8-9H,4-7H2,1-3H3. The van der Waals surface area contributed by atoms with Gasteiger partial charge < -0.3 is 4.74 Å². The summed E-state index contributed by atoms with van der Waals surface area (Å²) in [6.45, 7) is 6.48. The second-order valence-corrected chi connectivity index (χ2v) is 3.56. The normalized spacial score (nSPS) is 18.3. The highest BCUT2D eigenvalue weighted by Crippen LogP contribution is 2.27. The molecule has 0 aliphatic heterocycles. The predicted molar refractivity (Wildman–Crippen MR) is 46.7 cm³/mol. The first-order valence-corrected chi connectivity index (χ1v) is 4.50. The van der Waals surface area contributed by atoms with Gasteiger partial charge in [-0.15, -0.1) is 0 Å². The maximum absolute atomic E-state index is 5.06. The van der Waals surface area contributed by atoms with Crippen molar-refractivity contribution in [2.75, 3.05) is 20.3 Å². The van der Waals surface area contributed by atoms with E-state index in [1.165, 1.54) is 12.8 Å². The van der Waals surface area contributed by atoms with Crippen LogP contribution < -0.4 is 0 Å². The highest BCUT2D eigenvalue weighted by atomic mass is 16.5. The van der Waals surface area contributed by atoms with Gasteiger partial charge >= 0.3 is 0 Å². The predicted octanol–water partition coefficient (Wildman–Crippen LogP) is 1.51. The SMILES string of the molecule is COCCN(C(C)C)C1CC1. The van der Waals surface area contributed by atoms with Crippen molar-refractivity contribution in [3.8, 4) is 0 Å². The highest BCUT2D eigenvalue weighted by molar-refractivity contribution is 4.85. The van der Waals surface area contributed by atoms with E-state index in [-0.39, 0.29) is 0 Å². The smallest absolute Gasteiger partial charge is 0.0589 e. The Labute approximate surface area is 69.5 Å². The zero-order chi connectivity index (χ0) is 8.27. The molecule has 0 atom stereocenters. The van der Waals surface area contributed by atoms with E-state index in [0.29, 0.717) is 6.04 Å². The van der Waals surface area contributed by atoms with E-state index in [1.807, 2.05) is 0 Å². The van der Waals surface area contributed by atoms with Gasteiger partial charge in [-0.3, -0.25) is 4.90 Å². The molecule has 0 aromatic heterocycles. The molecule has 0 aromatic rings. The Balaban J connectivity index is 2.21. The second kappa shape index (κ2) is 4.07. The van der Waals surface area contributed by atoms with Crippen molar-refractivity contribution in [2.45, 2.75) is 38.8 Å². The number of hydrogen-bond acceptors (Lipinski definition) is 2. The van der Waals surface area contributed by atoms with Gasteiger partial charge in [0, 0.05) is 25.7 Å². The van der Waals surface area contributed by atoms with Crippen LogP contribution in [0.2, 0.25) is 0 Å². The zero-order valence-electron chi connectivity index (χ0n) is 7.84. The van der Waals surface area contributed by atoms with Crippen LogP contribution in [-0.4, -0.2) is 37.2 Å². The van der Waals surface area contributed by atoms with Crippen molar-refractivity contribution in [3.05, 3.63) is 0 Å². The number of ether oxygens (including phenoxy) is 1. The molecule has 0 aromatic carbocycles. The Hall–Kier alpha value is -0.0800. The first-order valence-electron chi connectivity index (χ1n) is 4.50. The fourth-order valence-electron chi connectivity index (χ4n) is 1.47. The molecule has 2 heteroatoms. The minimum Gasteiger partial charge on any atom is -0.383 e. The summed E-state index contributed by atoms with van der Waals surface area (Å²) in [7, 11) is 1.77. The monoisotopic (exact) mass is 157 g/mol. The van der Waals surface area contributed by atoms with Crippen LogP contribution in [0.3, 0.4) is 0 Å². The maximum Gasteiger partial charge on any atom is 0.0589 e. The van der Waals surface area contributed by atoms with E-state index in [4.69, 9.17) is 4.74 Å². The topological polar surface area (TPSA) is 12.5 Å². The number of hydrogen-bond donors (Lipinski definition) is 0. The van der Waals surface area contributed by atoms with Gasteiger partial charge in [0.05, 0.1) is 6.61 Å². The third-order valence-electron chi connectivity index (χ3n) is 2.23. The molecule has 0 heterocycles. The van der Waals surface area contributed by atoms with Crippen LogP contribution in [0, 0.1) is 0 Å². The van der Waals surface area contributed by atoms with Crippen molar-refractivity contribution in [3.63, 3.8) is 0 Å². The Morgan fingerprint density at radius 2 is 2.09 bits per heavy atom. The second-order valence-electron chi connectivity index (χ2n) is 3.56. The summed E-state index contributed by atoms with van der Waals surface area (Å²) in [6.07, 6.45) is 2.78. The zero-order valence-corrected chi connectivity index (χ0v) is 7.84. The highest BCUT2D eigenvalue weighted by Gasteiger charge is 2.29. The quantitative estimate of drug-likeness (QED) is 0.599. The molecule has 0 unspecified atom stereocenters. The molecule has 66 valence electrons. The molecule has 11 heavy (non-hydrogen) atoms. The van der Waals surface area contributed by atoms with Crippen molar-refractivity contribution in [1.82, 2.24) is 4.90 Å². The van der Waals surface area contributed by atoms with E-state index < -0.39 is 0 Å². The minimum absolute atomic E-state index is 0.678. The summed E-state index contributed by atoms with van der Waals surface area (Å²) in [5.74, 6) is 0. The molecule has 0 N–H and O–H groups in total. The number of methoxy groups -OCH3 is 1. The molecule has 0 bridgehead atoms. The molecule has 1 aliphatic rings. The van der Waals surface area contributed by atoms with E-state index in [2.05, 4.69) is 18.7 Å². The van der Waals surface area contributed by atoms with Crippen molar-refractivity contribution >= 4 is 0 Å². The average molecular weight is 157 g/mol. The molecular weight excluding hydrogens is 138 g/mol. The molecule has 1 fully saturated rings. The van der Waals surface area contributed by atoms with Crippen molar-refractivity contribution < 1.29 is 4.74 Å². The van der Waals surface area contributed by atoms with Crippen LogP contribution in [-0.2, 0) is 4.74 Å². The third kappa shape index (κ3) is 2.80. The number of rotatable bonds is 5.